The van der Waals surface area contributed by atoms with Crippen molar-refractivity contribution in [2.24, 2.45) is 0 Å². The Morgan fingerprint density at radius 3 is 2.81 bits per heavy atom. The molecule has 0 aliphatic heterocycles. The van der Waals surface area contributed by atoms with E-state index < -0.39 is 0 Å². The second kappa shape index (κ2) is 6.13. The summed E-state index contributed by atoms with van der Waals surface area (Å²) in [5.41, 5.74) is 2.98. The molecule has 86 valence electrons. The van der Waals surface area contributed by atoms with Gasteiger partial charge in [-0.1, -0.05) is 24.8 Å². The smallest absolute Gasteiger partial charge is 0.0960 e. The van der Waals surface area contributed by atoms with E-state index in [1.807, 2.05) is 13.0 Å². The van der Waals surface area contributed by atoms with E-state index in [1.54, 1.807) is 18.6 Å². The summed E-state index contributed by atoms with van der Waals surface area (Å²) in [6.45, 7) is 13.8. The zero-order chi connectivity index (χ0) is 12.0. The first-order chi connectivity index (χ1) is 7.63. The third kappa shape index (κ3) is 3.91. The Morgan fingerprint density at radius 2 is 2.31 bits per heavy atom. The van der Waals surface area contributed by atoms with Gasteiger partial charge in [0.2, 0.25) is 0 Å². The fourth-order valence-corrected chi connectivity index (χ4v) is 1.31. The minimum Gasteiger partial charge on any atom is -0.472 e. The summed E-state index contributed by atoms with van der Waals surface area (Å²) in [6.07, 6.45) is 5.81. The van der Waals surface area contributed by atoms with E-state index in [4.69, 9.17) is 9.15 Å². The summed E-state index contributed by atoms with van der Waals surface area (Å²) in [6, 6.07) is 1.91. The Balaban J connectivity index is 2.61. The Labute approximate surface area is 96.9 Å². The minimum atomic E-state index is -0.0204. The molecule has 1 atom stereocenters. The lowest BCUT2D eigenvalue weighted by molar-refractivity contribution is 0.0709. The van der Waals surface area contributed by atoms with Gasteiger partial charge < -0.3 is 9.15 Å². The van der Waals surface area contributed by atoms with Crippen molar-refractivity contribution in [3.05, 3.63) is 61.1 Å². The molecule has 1 aromatic heterocycles. The molecule has 1 aromatic rings. The molecule has 0 saturated carbocycles. The Kier molecular flexibility index (Phi) is 4.80. The van der Waals surface area contributed by atoms with Crippen LogP contribution in [0.4, 0.5) is 0 Å². The first kappa shape index (κ1) is 12.5. The van der Waals surface area contributed by atoms with Crippen LogP contribution in [0, 0.1) is 0 Å². The molecule has 0 fully saturated rings. The van der Waals surface area contributed by atoms with Gasteiger partial charge in [0.1, 0.15) is 0 Å². The molecule has 1 heterocycles. The van der Waals surface area contributed by atoms with Crippen LogP contribution in [0.1, 0.15) is 25.0 Å². The zero-order valence-corrected chi connectivity index (χ0v) is 9.74. The van der Waals surface area contributed by atoms with Crippen molar-refractivity contribution in [2.75, 3.05) is 6.61 Å². The molecule has 0 aromatic carbocycles. The highest BCUT2D eigenvalue weighted by Gasteiger charge is 2.13. The van der Waals surface area contributed by atoms with Crippen molar-refractivity contribution in [1.82, 2.24) is 0 Å². The third-order valence-electron chi connectivity index (χ3n) is 2.21. The van der Waals surface area contributed by atoms with Gasteiger partial charge in [-0.15, -0.1) is 6.58 Å². The fraction of sp³-hybridized carbons (Fsp3) is 0.286. The molecule has 0 aliphatic carbocycles. The lowest BCUT2D eigenvalue weighted by atomic mass is 10.1. The second-order valence-corrected chi connectivity index (χ2v) is 3.88. The van der Waals surface area contributed by atoms with Gasteiger partial charge in [-0.2, -0.15) is 0 Å². The van der Waals surface area contributed by atoms with Crippen LogP contribution in [-0.2, 0) is 4.74 Å². The van der Waals surface area contributed by atoms with E-state index in [0.717, 1.165) is 23.1 Å². The first-order valence-electron chi connectivity index (χ1n) is 5.21. The number of furan rings is 1. The first-order valence-corrected chi connectivity index (χ1v) is 5.21. The highest BCUT2D eigenvalue weighted by Crippen LogP contribution is 2.25. The van der Waals surface area contributed by atoms with Crippen molar-refractivity contribution >= 4 is 0 Å². The molecule has 2 heteroatoms. The Hall–Kier alpha value is -1.54. The number of ether oxygens (including phenoxy) is 1. The molecule has 0 saturated heterocycles. The van der Waals surface area contributed by atoms with Crippen molar-refractivity contribution in [3.63, 3.8) is 0 Å². The van der Waals surface area contributed by atoms with Gasteiger partial charge in [-0.25, -0.2) is 0 Å². The molecule has 0 radical (unpaired) electrons. The summed E-state index contributed by atoms with van der Waals surface area (Å²) >= 11 is 0. The predicted molar refractivity (Wildman–Crippen MR) is 66.2 cm³/mol. The lowest BCUT2D eigenvalue weighted by Crippen LogP contribution is -2.06. The van der Waals surface area contributed by atoms with Crippen LogP contribution in [0.25, 0.3) is 0 Å². The Bertz CT molecular complexity index is 360. The van der Waals surface area contributed by atoms with Crippen LogP contribution in [0.15, 0.2) is 60.0 Å². The van der Waals surface area contributed by atoms with Gasteiger partial charge >= 0.3 is 0 Å². The summed E-state index contributed by atoms with van der Waals surface area (Å²) < 4.78 is 10.8. The summed E-state index contributed by atoms with van der Waals surface area (Å²) in [5, 5.41) is 0. The van der Waals surface area contributed by atoms with Gasteiger partial charge in [0.05, 0.1) is 25.2 Å². The standard InChI is InChI=1S/C14H18O2/c1-5-12(4)9-16-14(8-11(2)3)13-6-7-15-10-13/h5-7,10,14H,1-2,4,8-9H2,3H3. The van der Waals surface area contributed by atoms with Crippen LogP contribution >= 0.6 is 0 Å². The zero-order valence-electron chi connectivity index (χ0n) is 9.74. The van der Waals surface area contributed by atoms with Crippen LogP contribution in [0.3, 0.4) is 0 Å². The van der Waals surface area contributed by atoms with Gasteiger partial charge in [0.25, 0.3) is 0 Å². The fourth-order valence-electron chi connectivity index (χ4n) is 1.31. The molecular formula is C14H18O2. The van der Waals surface area contributed by atoms with E-state index in [9.17, 15) is 0 Å². The summed E-state index contributed by atoms with van der Waals surface area (Å²) in [5.74, 6) is 0. The number of hydrogen-bond donors (Lipinski definition) is 0. The van der Waals surface area contributed by atoms with Crippen LogP contribution < -0.4 is 0 Å². The van der Waals surface area contributed by atoms with Gasteiger partial charge in [-0.3, -0.25) is 0 Å². The average Bonchev–Trinajstić information content (AvgIpc) is 2.76. The quantitative estimate of drug-likeness (QED) is 0.509. The summed E-state index contributed by atoms with van der Waals surface area (Å²) in [7, 11) is 0. The highest BCUT2D eigenvalue weighted by molar-refractivity contribution is 5.15. The van der Waals surface area contributed by atoms with E-state index in [-0.39, 0.29) is 6.10 Å². The van der Waals surface area contributed by atoms with E-state index in [2.05, 4.69) is 19.7 Å². The molecular weight excluding hydrogens is 200 g/mol. The maximum absolute atomic E-state index is 5.76. The molecule has 0 aliphatic rings. The van der Waals surface area contributed by atoms with E-state index in [0.29, 0.717) is 6.61 Å². The summed E-state index contributed by atoms with van der Waals surface area (Å²) in [4.78, 5) is 0. The molecule has 0 amide bonds. The minimum absolute atomic E-state index is 0.0204. The van der Waals surface area contributed by atoms with E-state index in [1.165, 1.54) is 0 Å². The molecule has 1 unspecified atom stereocenters. The molecule has 0 N–H and O–H groups in total. The van der Waals surface area contributed by atoms with Crippen molar-refractivity contribution in [1.29, 1.82) is 0 Å². The monoisotopic (exact) mass is 218 g/mol. The molecule has 2 nitrogen and oxygen atoms in total. The van der Waals surface area contributed by atoms with Gasteiger partial charge in [-0.05, 0) is 25.0 Å². The van der Waals surface area contributed by atoms with Crippen molar-refractivity contribution in [2.45, 2.75) is 19.4 Å². The van der Waals surface area contributed by atoms with Crippen molar-refractivity contribution in [3.8, 4) is 0 Å². The molecule has 16 heavy (non-hydrogen) atoms. The topological polar surface area (TPSA) is 22.4 Å². The third-order valence-corrected chi connectivity index (χ3v) is 2.21. The SMILES string of the molecule is C=CC(=C)COC(CC(=C)C)c1ccoc1. The predicted octanol–water partition coefficient (Wildman–Crippen LogP) is 4.05. The van der Waals surface area contributed by atoms with Crippen molar-refractivity contribution < 1.29 is 9.15 Å². The maximum Gasteiger partial charge on any atom is 0.0960 e. The normalized spacial score (nSPS) is 12.1. The maximum atomic E-state index is 5.76. The largest absolute Gasteiger partial charge is 0.472 e. The second-order valence-electron chi connectivity index (χ2n) is 3.88. The van der Waals surface area contributed by atoms with E-state index >= 15 is 0 Å². The molecule has 0 bridgehead atoms. The Morgan fingerprint density at radius 1 is 1.56 bits per heavy atom. The van der Waals surface area contributed by atoms with Crippen LogP contribution in [0.5, 0.6) is 0 Å². The number of rotatable bonds is 7. The molecule has 1 rings (SSSR count). The number of hydrogen-bond acceptors (Lipinski definition) is 2. The average molecular weight is 218 g/mol. The van der Waals surface area contributed by atoms with Gasteiger partial charge in [0, 0.05) is 5.56 Å². The highest BCUT2D eigenvalue weighted by atomic mass is 16.5. The van der Waals surface area contributed by atoms with Crippen LogP contribution in [-0.4, -0.2) is 6.61 Å². The van der Waals surface area contributed by atoms with Crippen LogP contribution in [0.2, 0.25) is 0 Å². The van der Waals surface area contributed by atoms with Gasteiger partial charge in [0.15, 0.2) is 0 Å². The molecule has 0 spiro atoms. The lowest BCUT2D eigenvalue weighted by Gasteiger charge is -2.16.